The van der Waals surface area contributed by atoms with Crippen LogP contribution in [0.5, 0.6) is 0 Å². The van der Waals surface area contributed by atoms with Gasteiger partial charge in [-0.05, 0) is 68.3 Å². The quantitative estimate of drug-likeness (QED) is 0.165. The molecular formula is C49H30BN. The summed E-state index contributed by atoms with van der Waals surface area (Å²) >= 11 is 0. The number of hydrogen-bond acceptors (Lipinski definition) is 0. The monoisotopic (exact) mass is 643 g/mol. The standard InChI is InChI=1S/C49H30BN/c1-2-14-31(15-3-1)50-44-24-12-7-19-36(44)40-30-32(26-29-45(40)50)51-46-25-13-8-20-37(46)39-28-27-38-35-18-6-11-23-43(35)49(47(38)48(39)51)41-21-9-4-16-33(41)34-17-5-10-22-42(34)49/h1-30H. The molecule has 0 radical (unpaired) electrons. The van der Waals surface area contributed by atoms with Crippen molar-refractivity contribution in [2.24, 2.45) is 0 Å². The van der Waals surface area contributed by atoms with Crippen LogP contribution in [0.15, 0.2) is 182 Å². The minimum absolute atomic E-state index is 0.220. The lowest BCUT2D eigenvalue weighted by molar-refractivity contribution is 0.797. The van der Waals surface area contributed by atoms with Crippen molar-refractivity contribution in [3.05, 3.63) is 204 Å². The van der Waals surface area contributed by atoms with Gasteiger partial charge in [0, 0.05) is 22.0 Å². The molecule has 8 aromatic carbocycles. The second-order valence-electron chi connectivity index (χ2n) is 14.3. The van der Waals surface area contributed by atoms with Gasteiger partial charge in [-0.15, -0.1) is 0 Å². The van der Waals surface area contributed by atoms with Crippen LogP contribution >= 0.6 is 0 Å². The second kappa shape index (κ2) is 9.87. The number of hydrogen-bond donors (Lipinski definition) is 0. The van der Waals surface area contributed by atoms with E-state index in [-0.39, 0.29) is 6.71 Å². The number of para-hydroxylation sites is 1. The molecule has 0 amide bonds. The fourth-order valence-corrected chi connectivity index (χ4v) is 10.2. The summed E-state index contributed by atoms with van der Waals surface area (Å²) < 4.78 is 2.58. The average molecular weight is 644 g/mol. The maximum atomic E-state index is 2.58. The first-order valence-corrected chi connectivity index (χ1v) is 18.0. The number of benzene rings is 8. The first-order chi connectivity index (χ1) is 25.3. The number of aromatic nitrogens is 1. The van der Waals surface area contributed by atoms with Crippen molar-refractivity contribution < 1.29 is 0 Å². The molecule has 0 unspecified atom stereocenters. The molecule has 0 fully saturated rings. The van der Waals surface area contributed by atoms with Crippen LogP contribution in [-0.4, -0.2) is 11.3 Å². The molecule has 234 valence electrons. The summed E-state index contributed by atoms with van der Waals surface area (Å²) in [7, 11) is 0. The van der Waals surface area contributed by atoms with Crippen molar-refractivity contribution in [2.75, 3.05) is 0 Å². The molecule has 2 aliphatic carbocycles. The van der Waals surface area contributed by atoms with Gasteiger partial charge in [-0.2, -0.15) is 0 Å². The zero-order valence-corrected chi connectivity index (χ0v) is 27.8. The molecule has 1 aliphatic heterocycles. The molecule has 2 heterocycles. The van der Waals surface area contributed by atoms with E-state index in [4.69, 9.17) is 0 Å². The third-order valence-corrected chi connectivity index (χ3v) is 12.1. The predicted molar refractivity (Wildman–Crippen MR) is 214 cm³/mol. The lowest BCUT2D eigenvalue weighted by atomic mass is 9.39. The fourth-order valence-electron chi connectivity index (χ4n) is 10.2. The van der Waals surface area contributed by atoms with E-state index in [1.54, 1.807) is 0 Å². The molecule has 1 aromatic heterocycles. The maximum absolute atomic E-state index is 2.58. The molecule has 1 nitrogen and oxygen atoms in total. The molecule has 3 aliphatic rings. The summed E-state index contributed by atoms with van der Waals surface area (Å²) in [5.41, 5.74) is 20.8. The molecule has 51 heavy (non-hydrogen) atoms. The highest BCUT2D eigenvalue weighted by molar-refractivity contribution is 6.99. The van der Waals surface area contributed by atoms with E-state index in [1.807, 2.05) is 0 Å². The van der Waals surface area contributed by atoms with Crippen LogP contribution in [0, 0.1) is 0 Å². The third kappa shape index (κ3) is 3.33. The fraction of sp³-hybridized carbons (Fsp3) is 0.0204. The summed E-state index contributed by atoms with van der Waals surface area (Å²) in [6, 6.07) is 68.4. The Labute approximate surface area is 297 Å². The van der Waals surface area contributed by atoms with E-state index >= 15 is 0 Å². The van der Waals surface area contributed by atoms with Gasteiger partial charge < -0.3 is 4.57 Å². The first-order valence-electron chi connectivity index (χ1n) is 18.0. The summed E-state index contributed by atoms with van der Waals surface area (Å²) in [4.78, 5) is 0. The zero-order valence-electron chi connectivity index (χ0n) is 27.8. The molecule has 0 N–H and O–H groups in total. The highest BCUT2D eigenvalue weighted by Gasteiger charge is 2.53. The van der Waals surface area contributed by atoms with Crippen molar-refractivity contribution in [1.82, 2.24) is 4.57 Å². The number of nitrogens with zero attached hydrogens (tertiary/aromatic N) is 1. The Morgan fingerprint density at radius 2 is 0.961 bits per heavy atom. The lowest BCUT2D eigenvalue weighted by Gasteiger charge is -2.31. The highest BCUT2D eigenvalue weighted by Crippen LogP contribution is 2.64. The number of fused-ring (bicyclic) bond motifs is 17. The third-order valence-electron chi connectivity index (χ3n) is 12.1. The molecule has 0 saturated carbocycles. The maximum Gasteiger partial charge on any atom is 0.242 e. The van der Waals surface area contributed by atoms with Gasteiger partial charge in [-0.3, -0.25) is 0 Å². The Morgan fingerprint density at radius 3 is 1.69 bits per heavy atom. The molecular weight excluding hydrogens is 613 g/mol. The first kappa shape index (κ1) is 27.4. The zero-order chi connectivity index (χ0) is 33.3. The smallest absolute Gasteiger partial charge is 0.242 e. The van der Waals surface area contributed by atoms with Crippen molar-refractivity contribution in [2.45, 2.75) is 5.41 Å². The molecule has 9 aromatic rings. The van der Waals surface area contributed by atoms with E-state index in [9.17, 15) is 0 Å². The van der Waals surface area contributed by atoms with Crippen molar-refractivity contribution in [1.29, 1.82) is 0 Å². The minimum Gasteiger partial charge on any atom is -0.309 e. The van der Waals surface area contributed by atoms with E-state index in [2.05, 4.69) is 187 Å². The van der Waals surface area contributed by atoms with Gasteiger partial charge in [0.1, 0.15) is 0 Å². The van der Waals surface area contributed by atoms with Gasteiger partial charge in [-0.1, -0.05) is 180 Å². The van der Waals surface area contributed by atoms with E-state index in [0.29, 0.717) is 0 Å². The molecule has 0 bridgehead atoms. The minimum atomic E-state index is -0.438. The van der Waals surface area contributed by atoms with E-state index < -0.39 is 5.41 Å². The Bertz CT molecular complexity index is 2870. The topological polar surface area (TPSA) is 4.93 Å². The van der Waals surface area contributed by atoms with Crippen LogP contribution in [-0.2, 0) is 5.41 Å². The van der Waals surface area contributed by atoms with Gasteiger partial charge in [0.15, 0.2) is 0 Å². The summed E-state index contributed by atoms with van der Waals surface area (Å²) in [6.45, 7) is 0.220. The van der Waals surface area contributed by atoms with Gasteiger partial charge in [0.2, 0.25) is 6.71 Å². The largest absolute Gasteiger partial charge is 0.309 e. The molecule has 2 heteroatoms. The van der Waals surface area contributed by atoms with Gasteiger partial charge >= 0.3 is 0 Å². The van der Waals surface area contributed by atoms with Gasteiger partial charge in [0.05, 0.1) is 16.4 Å². The summed E-state index contributed by atoms with van der Waals surface area (Å²) in [6.07, 6.45) is 0. The van der Waals surface area contributed by atoms with Crippen molar-refractivity contribution >= 4 is 44.9 Å². The molecule has 0 saturated heterocycles. The Balaban J connectivity index is 1.22. The Hall–Kier alpha value is -6.38. The predicted octanol–water partition coefficient (Wildman–Crippen LogP) is 9.62. The van der Waals surface area contributed by atoms with Crippen LogP contribution in [0.2, 0.25) is 0 Å². The van der Waals surface area contributed by atoms with E-state index in [1.165, 1.54) is 99.5 Å². The molecule has 1 spiro atoms. The van der Waals surface area contributed by atoms with Crippen molar-refractivity contribution in [3.63, 3.8) is 0 Å². The van der Waals surface area contributed by atoms with Crippen molar-refractivity contribution in [3.8, 4) is 39.1 Å². The normalized spacial score (nSPS) is 14.0. The summed E-state index contributed by atoms with van der Waals surface area (Å²) in [5.74, 6) is 0. The SMILES string of the molecule is c1ccc(B2c3ccccc3-c3cc(-n4c5ccccc5c5ccc6c(c54)C4(c5ccccc5-c5ccccc54)c4ccccc4-6)ccc32)cc1. The molecule has 0 atom stereocenters. The highest BCUT2D eigenvalue weighted by atomic mass is 15.0. The average Bonchev–Trinajstić information content (AvgIpc) is 3.90. The van der Waals surface area contributed by atoms with Crippen LogP contribution in [0.4, 0.5) is 0 Å². The van der Waals surface area contributed by atoms with E-state index in [0.717, 1.165) is 0 Å². The van der Waals surface area contributed by atoms with Crippen LogP contribution in [0.1, 0.15) is 22.3 Å². The Morgan fingerprint density at radius 1 is 0.392 bits per heavy atom. The van der Waals surface area contributed by atoms with Crippen LogP contribution in [0.3, 0.4) is 0 Å². The Kier molecular flexibility index (Phi) is 5.31. The number of rotatable bonds is 2. The van der Waals surface area contributed by atoms with Crippen LogP contribution < -0.4 is 16.4 Å². The summed E-state index contributed by atoms with van der Waals surface area (Å²) in [5, 5.41) is 2.57. The van der Waals surface area contributed by atoms with Gasteiger partial charge in [0.25, 0.3) is 0 Å². The van der Waals surface area contributed by atoms with Crippen LogP contribution in [0.25, 0.3) is 60.9 Å². The lowest BCUT2D eigenvalue weighted by Crippen LogP contribution is -2.48. The van der Waals surface area contributed by atoms with Gasteiger partial charge in [-0.25, -0.2) is 0 Å². The second-order valence-corrected chi connectivity index (χ2v) is 14.3. The molecule has 12 rings (SSSR count).